The second-order valence-corrected chi connectivity index (χ2v) is 6.59. The molecule has 0 bridgehead atoms. The van der Waals surface area contributed by atoms with Crippen molar-refractivity contribution in [3.05, 3.63) is 58.5 Å². The predicted octanol–water partition coefficient (Wildman–Crippen LogP) is 5.49. The molecule has 0 aliphatic carbocycles. The van der Waals surface area contributed by atoms with Gasteiger partial charge in [-0.2, -0.15) is 15.1 Å². The molecule has 0 fully saturated rings. The fourth-order valence-corrected chi connectivity index (χ4v) is 2.99. The van der Waals surface area contributed by atoms with Gasteiger partial charge in [0, 0.05) is 29.3 Å². The molecule has 0 aliphatic heterocycles. The molecule has 10 heteroatoms. The van der Waals surface area contributed by atoms with Gasteiger partial charge in [-0.15, -0.1) is 0 Å². The van der Waals surface area contributed by atoms with E-state index in [0.717, 1.165) is 11.8 Å². The average Bonchev–Trinajstić information content (AvgIpc) is 3.26. The quantitative estimate of drug-likeness (QED) is 0.374. The van der Waals surface area contributed by atoms with Crippen molar-refractivity contribution in [2.24, 2.45) is 0 Å². The predicted molar refractivity (Wildman–Crippen MR) is 107 cm³/mol. The lowest BCUT2D eigenvalue weighted by Crippen LogP contribution is -2.00. The number of aryl methyl sites for hydroxylation is 1. The molecule has 0 aliphatic rings. The average molecular weight is 417 g/mol. The number of aromatic amines is 2. The first-order valence-corrected chi connectivity index (χ1v) is 8.95. The zero-order valence-electron chi connectivity index (χ0n) is 15.3. The van der Waals surface area contributed by atoms with E-state index in [-0.39, 0.29) is 33.6 Å². The van der Waals surface area contributed by atoms with Crippen LogP contribution in [0.1, 0.15) is 18.3 Å². The van der Waals surface area contributed by atoms with E-state index in [2.05, 4.69) is 30.5 Å². The molecule has 0 radical (unpaired) electrons. The summed E-state index contributed by atoms with van der Waals surface area (Å²) in [6, 6.07) is 5.39. The first kappa shape index (κ1) is 18.9. The molecule has 4 aromatic rings. The summed E-state index contributed by atoms with van der Waals surface area (Å²) in [5.74, 6) is -0.972. The normalized spacial score (nSPS) is 11.5. The standard InChI is InChI=1S/C19H15ClF2N6O/c1-3-4-10-6-16(28-27-10)25-15-8-14(20)24-19(26-15)29-13-7-12(21)18-11(17(13)22)5-9(2)23-18/h3-8,23H,1-2H3,(H2,24,25,26,27,28). The molecule has 148 valence electrons. The molecular formula is C19H15ClF2N6O. The highest BCUT2D eigenvalue weighted by atomic mass is 35.5. The van der Waals surface area contributed by atoms with Crippen LogP contribution in [-0.2, 0) is 0 Å². The molecule has 0 unspecified atom stereocenters. The maximum atomic E-state index is 14.7. The number of rotatable bonds is 5. The maximum absolute atomic E-state index is 14.7. The first-order valence-electron chi connectivity index (χ1n) is 8.58. The number of nitrogens with one attached hydrogen (secondary N) is 3. The van der Waals surface area contributed by atoms with Gasteiger partial charge in [-0.3, -0.25) is 5.10 Å². The molecule has 0 spiro atoms. The Balaban J connectivity index is 1.64. The van der Waals surface area contributed by atoms with Crippen molar-refractivity contribution < 1.29 is 13.5 Å². The van der Waals surface area contributed by atoms with Crippen molar-refractivity contribution >= 4 is 40.2 Å². The number of halogens is 3. The number of anilines is 2. The van der Waals surface area contributed by atoms with Crippen molar-refractivity contribution in [3.63, 3.8) is 0 Å². The highest BCUT2D eigenvalue weighted by molar-refractivity contribution is 6.29. The van der Waals surface area contributed by atoms with Crippen LogP contribution in [0.25, 0.3) is 17.0 Å². The van der Waals surface area contributed by atoms with E-state index in [9.17, 15) is 8.78 Å². The van der Waals surface area contributed by atoms with Crippen molar-refractivity contribution in [2.45, 2.75) is 13.8 Å². The first-order chi connectivity index (χ1) is 13.9. The number of H-pyrrole nitrogens is 2. The van der Waals surface area contributed by atoms with Gasteiger partial charge in [0.25, 0.3) is 0 Å². The van der Waals surface area contributed by atoms with E-state index in [0.29, 0.717) is 11.5 Å². The summed E-state index contributed by atoms with van der Waals surface area (Å²) in [4.78, 5) is 10.8. The number of aromatic nitrogens is 5. The third-order valence-electron chi connectivity index (χ3n) is 3.98. The maximum Gasteiger partial charge on any atom is 0.325 e. The fraction of sp³-hybridized carbons (Fsp3) is 0.105. The Bertz CT molecular complexity index is 1230. The van der Waals surface area contributed by atoms with E-state index in [1.165, 1.54) is 12.1 Å². The Morgan fingerprint density at radius 3 is 2.76 bits per heavy atom. The zero-order chi connectivity index (χ0) is 20.5. The summed E-state index contributed by atoms with van der Waals surface area (Å²) in [6.07, 6.45) is 3.71. The highest BCUT2D eigenvalue weighted by Gasteiger charge is 2.17. The van der Waals surface area contributed by atoms with Gasteiger partial charge >= 0.3 is 6.01 Å². The van der Waals surface area contributed by atoms with Gasteiger partial charge < -0.3 is 15.0 Å². The van der Waals surface area contributed by atoms with Crippen LogP contribution >= 0.6 is 11.6 Å². The van der Waals surface area contributed by atoms with Crippen LogP contribution in [0.15, 0.2) is 30.3 Å². The summed E-state index contributed by atoms with van der Waals surface area (Å²) in [5.41, 5.74) is 1.48. The summed E-state index contributed by atoms with van der Waals surface area (Å²) in [7, 11) is 0. The number of fused-ring (bicyclic) bond motifs is 1. The zero-order valence-corrected chi connectivity index (χ0v) is 16.1. The molecule has 0 atom stereocenters. The summed E-state index contributed by atoms with van der Waals surface area (Å²) in [5, 5.41) is 9.99. The minimum absolute atomic E-state index is 0.0566. The van der Waals surface area contributed by atoms with Crippen LogP contribution in [0.4, 0.5) is 20.4 Å². The van der Waals surface area contributed by atoms with Crippen molar-refractivity contribution in [1.29, 1.82) is 0 Å². The molecule has 0 saturated heterocycles. The Kier molecular flexibility index (Phi) is 4.89. The Morgan fingerprint density at radius 2 is 1.97 bits per heavy atom. The lowest BCUT2D eigenvalue weighted by molar-refractivity contribution is 0.411. The van der Waals surface area contributed by atoms with Gasteiger partial charge in [-0.1, -0.05) is 17.7 Å². The van der Waals surface area contributed by atoms with E-state index in [1.807, 2.05) is 19.1 Å². The third kappa shape index (κ3) is 3.90. The Morgan fingerprint density at radius 1 is 1.14 bits per heavy atom. The van der Waals surface area contributed by atoms with E-state index >= 15 is 0 Å². The molecule has 7 nitrogen and oxygen atoms in total. The second kappa shape index (κ2) is 7.51. The van der Waals surface area contributed by atoms with Gasteiger partial charge in [0.15, 0.2) is 23.2 Å². The number of ether oxygens (including phenoxy) is 1. The SMILES string of the molecule is CC=Cc1cc(Nc2cc(Cl)nc(Oc3cc(F)c4[nH]c(C)cc4c3F)n2)n[nH]1. The second-order valence-electron chi connectivity index (χ2n) is 6.21. The largest absolute Gasteiger partial charge is 0.421 e. The monoisotopic (exact) mass is 416 g/mol. The van der Waals surface area contributed by atoms with Gasteiger partial charge in [-0.25, -0.2) is 8.78 Å². The highest BCUT2D eigenvalue weighted by Crippen LogP contribution is 2.32. The summed E-state index contributed by atoms with van der Waals surface area (Å²) >= 11 is 6.02. The number of nitrogens with zero attached hydrogens (tertiary/aromatic N) is 3. The third-order valence-corrected chi connectivity index (χ3v) is 4.17. The molecule has 3 heterocycles. The lowest BCUT2D eigenvalue weighted by Gasteiger charge is -2.09. The summed E-state index contributed by atoms with van der Waals surface area (Å²) in [6.45, 7) is 3.59. The summed E-state index contributed by atoms with van der Waals surface area (Å²) < 4.78 is 34.4. The molecule has 3 aromatic heterocycles. The molecule has 4 rings (SSSR count). The van der Waals surface area contributed by atoms with Crippen LogP contribution in [0.5, 0.6) is 11.8 Å². The number of hydrogen-bond donors (Lipinski definition) is 3. The number of allylic oxidation sites excluding steroid dienone is 1. The smallest absolute Gasteiger partial charge is 0.325 e. The van der Waals surface area contributed by atoms with Gasteiger partial charge in [-0.05, 0) is 26.0 Å². The van der Waals surface area contributed by atoms with Crippen molar-refractivity contribution in [2.75, 3.05) is 5.32 Å². The molecule has 29 heavy (non-hydrogen) atoms. The van der Waals surface area contributed by atoms with Crippen molar-refractivity contribution in [3.8, 4) is 11.8 Å². The van der Waals surface area contributed by atoms with Crippen molar-refractivity contribution in [1.82, 2.24) is 25.1 Å². The number of hydrogen-bond acceptors (Lipinski definition) is 5. The van der Waals surface area contributed by atoms with E-state index in [4.69, 9.17) is 16.3 Å². The Labute approximate surface area is 168 Å². The molecule has 0 amide bonds. The van der Waals surface area contributed by atoms with Gasteiger partial charge in [0.1, 0.15) is 11.0 Å². The van der Waals surface area contributed by atoms with Crippen LogP contribution in [0, 0.1) is 18.6 Å². The van der Waals surface area contributed by atoms with Crippen LogP contribution in [0.3, 0.4) is 0 Å². The minimum atomic E-state index is -0.730. The van der Waals surface area contributed by atoms with E-state index in [1.54, 1.807) is 13.0 Å². The fourth-order valence-electron chi connectivity index (χ4n) is 2.81. The minimum Gasteiger partial charge on any atom is -0.421 e. The van der Waals surface area contributed by atoms with Gasteiger partial charge in [0.05, 0.1) is 11.2 Å². The van der Waals surface area contributed by atoms with Gasteiger partial charge in [0.2, 0.25) is 0 Å². The molecule has 0 saturated carbocycles. The lowest BCUT2D eigenvalue weighted by atomic mass is 10.2. The topological polar surface area (TPSA) is 91.5 Å². The van der Waals surface area contributed by atoms with Crippen LogP contribution in [0.2, 0.25) is 5.15 Å². The molecule has 1 aromatic carbocycles. The Hall–Kier alpha value is -3.46. The molecule has 3 N–H and O–H groups in total. The number of benzene rings is 1. The van der Waals surface area contributed by atoms with Crippen LogP contribution in [-0.4, -0.2) is 25.1 Å². The van der Waals surface area contributed by atoms with Crippen LogP contribution < -0.4 is 10.1 Å². The van der Waals surface area contributed by atoms with E-state index < -0.39 is 11.6 Å². The molecular weight excluding hydrogens is 402 g/mol.